The average molecular weight is 406 g/mol. The number of nitrogens with zero attached hydrogens (tertiary/aromatic N) is 1. The lowest BCUT2D eigenvalue weighted by Crippen LogP contribution is -2.20. The van der Waals surface area contributed by atoms with Crippen LogP contribution in [0.15, 0.2) is 65.5 Å². The van der Waals surface area contributed by atoms with E-state index < -0.39 is 17.7 Å². The summed E-state index contributed by atoms with van der Waals surface area (Å²) in [6.07, 6.45) is 1.69. The molecule has 7 heteroatoms. The van der Waals surface area contributed by atoms with Gasteiger partial charge in [0.05, 0.1) is 12.8 Å². The Morgan fingerprint density at radius 1 is 1.03 bits per heavy atom. The highest BCUT2D eigenvalue weighted by atomic mass is 16.5. The third kappa shape index (κ3) is 4.25. The second-order valence-corrected chi connectivity index (χ2v) is 6.81. The summed E-state index contributed by atoms with van der Waals surface area (Å²) in [7, 11) is 1.25. The number of benzene rings is 2. The van der Waals surface area contributed by atoms with Crippen molar-refractivity contribution < 1.29 is 23.9 Å². The van der Waals surface area contributed by atoms with Crippen LogP contribution in [0.3, 0.4) is 0 Å². The van der Waals surface area contributed by atoms with Gasteiger partial charge in [-0.3, -0.25) is 9.59 Å². The van der Waals surface area contributed by atoms with Gasteiger partial charge in [-0.2, -0.15) is 0 Å². The second-order valence-electron chi connectivity index (χ2n) is 6.81. The summed E-state index contributed by atoms with van der Waals surface area (Å²) in [4.78, 5) is 37.9. The molecule has 30 heavy (non-hydrogen) atoms. The van der Waals surface area contributed by atoms with Crippen molar-refractivity contribution in [2.45, 2.75) is 13.8 Å². The second kappa shape index (κ2) is 8.65. The lowest BCUT2D eigenvalue weighted by molar-refractivity contribution is -0.137. The van der Waals surface area contributed by atoms with Crippen molar-refractivity contribution in [2.24, 2.45) is 5.73 Å². The number of ketones is 1. The SMILES string of the molecule is COC(=O)C1=C(C)N(c2ccc(C)cc2)/C(=C\c2ccc(OCC(N)=O)cc2)C1=O. The maximum atomic E-state index is 13.1. The molecule has 2 N–H and O–H groups in total. The summed E-state index contributed by atoms with van der Waals surface area (Å²) < 4.78 is 10.1. The number of anilines is 1. The average Bonchev–Trinajstić information content (AvgIpc) is 2.97. The van der Waals surface area contributed by atoms with Gasteiger partial charge >= 0.3 is 5.97 Å². The number of aryl methyl sites for hydroxylation is 1. The Hall–Kier alpha value is -3.87. The summed E-state index contributed by atoms with van der Waals surface area (Å²) in [5.74, 6) is -1.17. The third-order valence-electron chi connectivity index (χ3n) is 4.64. The first-order valence-corrected chi connectivity index (χ1v) is 9.25. The van der Waals surface area contributed by atoms with E-state index in [9.17, 15) is 14.4 Å². The predicted molar refractivity (Wildman–Crippen MR) is 112 cm³/mol. The van der Waals surface area contributed by atoms with Crippen molar-refractivity contribution in [3.05, 3.63) is 76.6 Å². The summed E-state index contributed by atoms with van der Waals surface area (Å²) in [5.41, 5.74) is 8.49. The Morgan fingerprint density at radius 2 is 1.67 bits per heavy atom. The van der Waals surface area contributed by atoms with E-state index in [1.165, 1.54) is 7.11 Å². The van der Waals surface area contributed by atoms with Crippen molar-refractivity contribution in [1.82, 2.24) is 0 Å². The monoisotopic (exact) mass is 406 g/mol. The van der Waals surface area contributed by atoms with Crippen molar-refractivity contribution in [1.29, 1.82) is 0 Å². The number of ether oxygens (including phenoxy) is 2. The number of rotatable bonds is 6. The largest absolute Gasteiger partial charge is 0.484 e. The van der Waals surface area contributed by atoms with E-state index in [1.54, 1.807) is 42.2 Å². The number of carbonyl (C=O) groups is 3. The molecular weight excluding hydrogens is 384 g/mol. The summed E-state index contributed by atoms with van der Waals surface area (Å²) >= 11 is 0. The summed E-state index contributed by atoms with van der Waals surface area (Å²) in [5, 5.41) is 0. The summed E-state index contributed by atoms with van der Waals surface area (Å²) in [6, 6.07) is 14.5. The van der Waals surface area contributed by atoms with Crippen molar-refractivity contribution in [2.75, 3.05) is 18.6 Å². The predicted octanol–water partition coefficient (Wildman–Crippen LogP) is 2.74. The number of hydrogen-bond acceptors (Lipinski definition) is 6. The molecule has 0 aromatic heterocycles. The highest BCUT2D eigenvalue weighted by molar-refractivity contribution is 6.30. The van der Waals surface area contributed by atoms with Gasteiger partial charge in [-0.15, -0.1) is 0 Å². The molecule has 1 aliphatic rings. The van der Waals surface area contributed by atoms with Crippen LogP contribution in [0.5, 0.6) is 5.75 Å². The molecule has 154 valence electrons. The van der Waals surface area contributed by atoms with Gasteiger partial charge < -0.3 is 20.1 Å². The molecule has 0 aliphatic carbocycles. The van der Waals surface area contributed by atoms with Crippen LogP contribution >= 0.6 is 0 Å². The Balaban J connectivity index is 2.00. The van der Waals surface area contributed by atoms with Gasteiger partial charge in [-0.25, -0.2) is 4.79 Å². The Labute approximate surface area is 174 Å². The van der Waals surface area contributed by atoms with Gasteiger partial charge in [0.2, 0.25) is 5.78 Å². The van der Waals surface area contributed by atoms with E-state index in [4.69, 9.17) is 15.2 Å². The molecule has 3 rings (SSSR count). The number of allylic oxidation sites excluding steroid dienone is 2. The lowest BCUT2D eigenvalue weighted by Gasteiger charge is -2.21. The number of nitrogens with two attached hydrogens (primary N) is 1. The van der Waals surface area contributed by atoms with Gasteiger partial charge in [0.15, 0.2) is 6.61 Å². The Morgan fingerprint density at radius 3 is 2.23 bits per heavy atom. The van der Waals surface area contributed by atoms with Crippen molar-refractivity contribution >= 4 is 29.4 Å². The highest BCUT2D eigenvalue weighted by Gasteiger charge is 2.38. The fraction of sp³-hybridized carbons (Fsp3) is 0.174. The number of esters is 1. The normalized spacial score (nSPS) is 15.0. The number of hydrogen-bond donors (Lipinski definition) is 1. The smallest absolute Gasteiger partial charge is 0.343 e. The lowest BCUT2D eigenvalue weighted by atomic mass is 10.1. The molecule has 0 radical (unpaired) electrons. The molecule has 0 atom stereocenters. The number of amides is 1. The first-order valence-electron chi connectivity index (χ1n) is 9.25. The molecule has 2 aromatic rings. The van der Waals surface area contributed by atoms with Gasteiger partial charge in [0, 0.05) is 11.4 Å². The zero-order valence-corrected chi connectivity index (χ0v) is 17.0. The van der Waals surface area contributed by atoms with Gasteiger partial charge in [-0.05, 0) is 49.8 Å². The van der Waals surface area contributed by atoms with Crippen molar-refractivity contribution in [3.63, 3.8) is 0 Å². The van der Waals surface area contributed by atoms with E-state index in [0.717, 1.165) is 16.8 Å². The van der Waals surface area contributed by atoms with E-state index in [0.29, 0.717) is 17.1 Å². The molecule has 2 aromatic carbocycles. The maximum absolute atomic E-state index is 13.1. The van der Waals surface area contributed by atoms with Crippen LogP contribution in [0.2, 0.25) is 0 Å². The van der Waals surface area contributed by atoms with E-state index in [-0.39, 0.29) is 12.2 Å². The zero-order valence-electron chi connectivity index (χ0n) is 17.0. The minimum absolute atomic E-state index is 0.00531. The van der Waals surface area contributed by atoms with Crippen LogP contribution < -0.4 is 15.4 Å². The van der Waals surface area contributed by atoms with Crippen LogP contribution in [-0.2, 0) is 19.1 Å². The molecule has 0 bridgehead atoms. The van der Waals surface area contributed by atoms with E-state index in [2.05, 4.69) is 0 Å². The highest BCUT2D eigenvalue weighted by Crippen LogP contribution is 2.35. The zero-order chi connectivity index (χ0) is 21.8. The minimum atomic E-state index is -0.673. The number of Topliss-reactive ketones (excluding diaryl/α,β-unsaturated/α-hetero) is 1. The molecule has 1 amide bonds. The van der Waals surface area contributed by atoms with Crippen LogP contribution in [0, 0.1) is 6.92 Å². The van der Waals surface area contributed by atoms with Gasteiger partial charge in [0.1, 0.15) is 11.3 Å². The van der Waals surface area contributed by atoms with Gasteiger partial charge in [0.25, 0.3) is 5.91 Å². The molecule has 0 saturated carbocycles. The molecule has 0 fully saturated rings. The molecule has 0 spiro atoms. The van der Waals surface area contributed by atoms with Crippen LogP contribution in [0.1, 0.15) is 18.1 Å². The minimum Gasteiger partial charge on any atom is -0.484 e. The van der Waals surface area contributed by atoms with E-state index >= 15 is 0 Å². The van der Waals surface area contributed by atoms with Crippen LogP contribution in [-0.4, -0.2) is 31.4 Å². The quantitative estimate of drug-likeness (QED) is 0.450. The first kappa shape index (κ1) is 20.9. The number of primary amides is 1. The van der Waals surface area contributed by atoms with E-state index in [1.807, 2.05) is 31.2 Å². The maximum Gasteiger partial charge on any atom is 0.343 e. The Bertz CT molecular complexity index is 1050. The Kier molecular flexibility index (Phi) is 6.01. The van der Waals surface area contributed by atoms with Crippen LogP contribution in [0.25, 0.3) is 6.08 Å². The molecule has 1 aliphatic heterocycles. The van der Waals surface area contributed by atoms with Crippen molar-refractivity contribution in [3.8, 4) is 5.75 Å². The molecule has 0 unspecified atom stereocenters. The summed E-state index contributed by atoms with van der Waals surface area (Å²) in [6.45, 7) is 3.47. The standard InChI is InChI=1S/C23H22N2O5/c1-14-4-8-17(9-5-14)25-15(2)21(23(28)29-3)22(27)19(25)12-16-6-10-18(11-7-16)30-13-20(24)26/h4-12H,13H2,1-3H3,(H2,24,26)/b19-12-. The first-order chi connectivity index (χ1) is 14.3. The molecule has 0 saturated heterocycles. The van der Waals surface area contributed by atoms with Crippen LogP contribution in [0.4, 0.5) is 5.69 Å². The van der Waals surface area contributed by atoms with Gasteiger partial charge in [-0.1, -0.05) is 29.8 Å². The fourth-order valence-electron chi connectivity index (χ4n) is 3.16. The molecular formula is C23H22N2O5. The number of carbonyl (C=O) groups excluding carboxylic acids is 3. The number of methoxy groups -OCH3 is 1. The third-order valence-corrected chi connectivity index (χ3v) is 4.64. The topological polar surface area (TPSA) is 98.9 Å². The molecule has 7 nitrogen and oxygen atoms in total. The molecule has 1 heterocycles. The fourth-order valence-corrected chi connectivity index (χ4v) is 3.16.